The van der Waals surface area contributed by atoms with Gasteiger partial charge in [-0.2, -0.15) is 0 Å². The molecule has 0 bridgehead atoms. The van der Waals surface area contributed by atoms with Gasteiger partial charge in [0.15, 0.2) is 0 Å². The molecule has 0 aromatic heterocycles. The summed E-state index contributed by atoms with van der Waals surface area (Å²) in [7, 11) is 0. The first-order chi connectivity index (χ1) is 9.08. The Hall–Kier alpha value is -0.610. The fourth-order valence-electron chi connectivity index (χ4n) is 2.63. The van der Waals surface area contributed by atoms with Crippen molar-refractivity contribution in [1.29, 1.82) is 0 Å². The Morgan fingerprint density at radius 3 is 2.95 bits per heavy atom. The standard InChI is InChI=1S/C15H31N3O/c1-13-6-5-11-18(12-13)10-4-3-9-17-15(19)8-7-14(2)16/h13-14H,3-12,16H2,1-2H3,(H,17,19). The van der Waals surface area contributed by atoms with Gasteiger partial charge in [0.05, 0.1) is 0 Å². The van der Waals surface area contributed by atoms with E-state index in [0.717, 1.165) is 25.3 Å². The molecule has 0 aromatic carbocycles. The third-order valence-electron chi connectivity index (χ3n) is 3.79. The van der Waals surface area contributed by atoms with Gasteiger partial charge in [-0.1, -0.05) is 6.92 Å². The predicted molar refractivity (Wildman–Crippen MR) is 80.0 cm³/mol. The Balaban J connectivity index is 1.94. The summed E-state index contributed by atoms with van der Waals surface area (Å²) in [5, 5.41) is 2.97. The van der Waals surface area contributed by atoms with Gasteiger partial charge < -0.3 is 16.0 Å². The van der Waals surface area contributed by atoms with Gasteiger partial charge >= 0.3 is 0 Å². The molecule has 1 rings (SSSR count). The first-order valence-electron chi connectivity index (χ1n) is 7.82. The minimum atomic E-state index is 0.117. The highest BCUT2D eigenvalue weighted by molar-refractivity contribution is 5.75. The van der Waals surface area contributed by atoms with E-state index in [-0.39, 0.29) is 11.9 Å². The fourth-order valence-corrected chi connectivity index (χ4v) is 2.63. The Kier molecular flexibility index (Phi) is 8.07. The number of carbonyl (C=O) groups excluding carboxylic acids is 1. The highest BCUT2D eigenvalue weighted by atomic mass is 16.1. The average molecular weight is 269 g/mol. The topological polar surface area (TPSA) is 58.4 Å². The minimum Gasteiger partial charge on any atom is -0.356 e. The number of nitrogens with zero attached hydrogens (tertiary/aromatic N) is 1. The third kappa shape index (κ3) is 8.22. The Morgan fingerprint density at radius 2 is 2.26 bits per heavy atom. The molecular weight excluding hydrogens is 238 g/mol. The maximum absolute atomic E-state index is 11.5. The highest BCUT2D eigenvalue weighted by Gasteiger charge is 2.15. The smallest absolute Gasteiger partial charge is 0.220 e. The number of carbonyl (C=O) groups is 1. The first kappa shape index (κ1) is 16.4. The van der Waals surface area contributed by atoms with Crippen molar-refractivity contribution >= 4 is 5.91 Å². The Labute approximate surface area is 118 Å². The lowest BCUT2D eigenvalue weighted by Gasteiger charge is -2.30. The molecule has 4 nitrogen and oxygen atoms in total. The second-order valence-electron chi connectivity index (χ2n) is 6.12. The summed E-state index contributed by atoms with van der Waals surface area (Å²) in [6.45, 7) is 8.77. The van der Waals surface area contributed by atoms with Crippen LogP contribution in [0.25, 0.3) is 0 Å². The van der Waals surface area contributed by atoms with E-state index in [4.69, 9.17) is 5.73 Å². The van der Waals surface area contributed by atoms with Gasteiger partial charge in [0.1, 0.15) is 0 Å². The molecule has 2 unspecified atom stereocenters. The van der Waals surface area contributed by atoms with Crippen LogP contribution in [0.1, 0.15) is 52.4 Å². The average Bonchev–Trinajstić information content (AvgIpc) is 2.36. The number of amides is 1. The summed E-state index contributed by atoms with van der Waals surface area (Å²) in [5.41, 5.74) is 5.63. The molecule has 4 heteroatoms. The summed E-state index contributed by atoms with van der Waals surface area (Å²) in [5.74, 6) is 0.996. The number of unbranched alkanes of at least 4 members (excludes halogenated alkanes) is 1. The number of piperidine rings is 1. The van der Waals surface area contributed by atoms with Gasteiger partial charge in [-0.15, -0.1) is 0 Å². The van der Waals surface area contributed by atoms with Gasteiger partial charge in [-0.3, -0.25) is 4.79 Å². The van der Waals surface area contributed by atoms with E-state index >= 15 is 0 Å². The van der Waals surface area contributed by atoms with E-state index < -0.39 is 0 Å². The van der Waals surface area contributed by atoms with Crippen molar-refractivity contribution in [2.75, 3.05) is 26.2 Å². The van der Waals surface area contributed by atoms with Crippen molar-refractivity contribution in [3.63, 3.8) is 0 Å². The fraction of sp³-hybridized carbons (Fsp3) is 0.933. The van der Waals surface area contributed by atoms with Crippen molar-refractivity contribution in [2.45, 2.75) is 58.4 Å². The van der Waals surface area contributed by atoms with Gasteiger partial charge in [0.2, 0.25) is 5.91 Å². The van der Waals surface area contributed by atoms with Crippen LogP contribution in [0.2, 0.25) is 0 Å². The second-order valence-corrected chi connectivity index (χ2v) is 6.12. The third-order valence-corrected chi connectivity index (χ3v) is 3.79. The molecule has 1 amide bonds. The first-order valence-corrected chi connectivity index (χ1v) is 7.82. The minimum absolute atomic E-state index is 0.117. The maximum Gasteiger partial charge on any atom is 0.220 e. The van der Waals surface area contributed by atoms with Crippen LogP contribution in [-0.2, 0) is 4.79 Å². The lowest BCUT2D eigenvalue weighted by atomic mass is 10.0. The van der Waals surface area contributed by atoms with Crippen molar-refractivity contribution in [1.82, 2.24) is 10.2 Å². The van der Waals surface area contributed by atoms with Crippen molar-refractivity contribution in [3.8, 4) is 0 Å². The molecule has 1 heterocycles. The van der Waals surface area contributed by atoms with Gasteiger partial charge in [0, 0.05) is 25.6 Å². The summed E-state index contributed by atoms with van der Waals surface area (Å²) >= 11 is 0. The largest absolute Gasteiger partial charge is 0.356 e. The molecule has 19 heavy (non-hydrogen) atoms. The lowest BCUT2D eigenvalue weighted by Crippen LogP contribution is -2.35. The quantitative estimate of drug-likeness (QED) is 0.660. The van der Waals surface area contributed by atoms with Gasteiger partial charge in [-0.05, 0) is 58.0 Å². The number of likely N-dealkylation sites (tertiary alicyclic amines) is 1. The number of nitrogens with two attached hydrogens (primary N) is 1. The molecule has 0 aliphatic carbocycles. The van der Waals surface area contributed by atoms with Crippen molar-refractivity contribution in [2.24, 2.45) is 11.7 Å². The van der Waals surface area contributed by atoms with E-state index in [9.17, 15) is 4.79 Å². The summed E-state index contributed by atoms with van der Waals surface area (Å²) in [6, 6.07) is 0.117. The van der Waals surface area contributed by atoms with Crippen LogP contribution in [0.4, 0.5) is 0 Å². The van der Waals surface area contributed by atoms with E-state index in [0.29, 0.717) is 6.42 Å². The summed E-state index contributed by atoms with van der Waals surface area (Å²) < 4.78 is 0. The molecule has 112 valence electrons. The highest BCUT2D eigenvalue weighted by Crippen LogP contribution is 2.15. The van der Waals surface area contributed by atoms with Crippen molar-refractivity contribution < 1.29 is 4.79 Å². The van der Waals surface area contributed by atoms with E-state index in [2.05, 4.69) is 17.1 Å². The normalized spacial score (nSPS) is 22.2. The van der Waals surface area contributed by atoms with E-state index in [1.165, 1.54) is 38.9 Å². The van der Waals surface area contributed by atoms with Crippen LogP contribution in [0.3, 0.4) is 0 Å². The lowest BCUT2D eigenvalue weighted by molar-refractivity contribution is -0.121. The number of rotatable bonds is 8. The number of hydrogen-bond donors (Lipinski definition) is 2. The molecule has 0 radical (unpaired) electrons. The zero-order chi connectivity index (χ0) is 14.1. The number of nitrogens with one attached hydrogen (secondary N) is 1. The van der Waals surface area contributed by atoms with E-state index in [1.807, 2.05) is 6.92 Å². The summed E-state index contributed by atoms with van der Waals surface area (Å²) in [6.07, 6.45) is 6.31. The monoisotopic (exact) mass is 269 g/mol. The molecule has 1 saturated heterocycles. The predicted octanol–water partition coefficient (Wildman–Crippen LogP) is 1.74. The van der Waals surface area contributed by atoms with Crippen molar-refractivity contribution in [3.05, 3.63) is 0 Å². The second kappa shape index (κ2) is 9.32. The molecule has 0 spiro atoms. The molecule has 3 N–H and O–H groups in total. The van der Waals surface area contributed by atoms with Crippen LogP contribution >= 0.6 is 0 Å². The molecule has 1 fully saturated rings. The van der Waals surface area contributed by atoms with Crippen LogP contribution < -0.4 is 11.1 Å². The van der Waals surface area contributed by atoms with Gasteiger partial charge in [0.25, 0.3) is 0 Å². The van der Waals surface area contributed by atoms with Crippen LogP contribution in [0.5, 0.6) is 0 Å². The molecule has 0 saturated carbocycles. The SMILES string of the molecule is CC(N)CCC(=O)NCCCCN1CCCC(C)C1. The Morgan fingerprint density at radius 1 is 1.47 bits per heavy atom. The molecule has 0 aromatic rings. The van der Waals surface area contributed by atoms with Crippen LogP contribution in [0, 0.1) is 5.92 Å². The molecule has 1 aliphatic heterocycles. The van der Waals surface area contributed by atoms with Crippen LogP contribution in [-0.4, -0.2) is 43.0 Å². The van der Waals surface area contributed by atoms with E-state index in [1.54, 1.807) is 0 Å². The Bertz CT molecular complexity index is 256. The summed E-state index contributed by atoms with van der Waals surface area (Å²) in [4.78, 5) is 14.0. The number of hydrogen-bond acceptors (Lipinski definition) is 3. The molecule has 2 atom stereocenters. The zero-order valence-electron chi connectivity index (χ0n) is 12.7. The molecular formula is C15H31N3O. The maximum atomic E-state index is 11.5. The molecule has 1 aliphatic rings. The zero-order valence-corrected chi connectivity index (χ0v) is 12.7. The van der Waals surface area contributed by atoms with Gasteiger partial charge in [-0.25, -0.2) is 0 Å². The van der Waals surface area contributed by atoms with Crippen LogP contribution in [0.15, 0.2) is 0 Å².